The monoisotopic (exact) mass is 484 g/mol. The molecule has 0 aliphatic heterocycles. The highest BCUT2D eigenvalue weighted by molar-refractivity contribution is 5.67. The van der Waals surface area contributed by atoms with E-state index in [1.54, 1.807) is 25.3 Å². The second-order valence-electron chi connectivity index (χ2n) is 8.44. The van der Waals surface area contributed by atoms with Gasteiger partial charge >= 0.3 is 11.9 Å². The van der Waals surface area contributed by atoms with Crippen LogP contribution in [0.1, 0.15) is 74.2 Å². The first-order valence-electron chi connectivity index (χ1n) is 12.1. The third kappa shape index (κ3) is 11.1. The van der Waals surface area contributed by atoms with E-state index in [1.807, 2.05) is 24.3 Å². The number of methoxy groups -OCH3 is 1. The van der Waals surface area contributed by atoms with Gasteiger partial charge in [0.25, 0.3) is 0 Å². The molecule has 0 aliphatic rings. The van der Waals surface area contributed by atoms with Crippen molar-refractivity contribution in [3.05, 3.63) is 65.2 Å². The van der Waals surface area contributed by atoms with E-state index in [1.165, 1.54) is 0 Å². The molecule has 35 heavy (non-hydrogen) atoms. The van der Waals surface area contributed by atoms with E-state index in [0.29, 0.717) is 43.6 Å². The van der Waals surface area contributed by atoms with Crippen molar-refractivity contribution >= 4 is 18.0 Å². The summed E-state index contributed by atoms with van der Waals surface area (Å²) in [7, 11) is 1.65. The lowest BCUT2D eigenvalue weighted by Gasteiger charge is -2.16. The van der Waals surface area contributed by atoms with Gasteiger partial charge in [-0.3, -0.25) is 9.59 Å². The number of rotatable bonds is 17. The van der Waals surface area contributed by atoms with Crippen LogP contribution in [0.15, 0.2) is 48.5 Å². The van der Waals surface area contributed by atoms with E-state index in [9.17, 15) is 14.7 Å². The number of benzene rings is 2. The minimum absolute atomic E-state index is 0.0231. The standard InChI is InChI=1S/C28H36O7/c1-34-24-15-11-21(12-16-24)8-4-2-3-7-19-35-26-17-13-22(20-23(26)14-18-28(32)33)25(29)9-5-6-10-27(30)31/h4,8,11-13,15-17,20,25,29H,2-3,5-7,9-10,14,18-19H2,1H3,(H,30,31)(H,32,33)/b8-4+. The predicted molar refractivity (Wildman–Crippen MR) is 135 cm³/mol. The lowest BCUT2D eigenvalue weighted by atomic mass is 9.98. The number of aliphatic hydroxyl groups excluding tert-OH is 1. The number of aryl methyl sites for hydroxylation is 1. The summed E-state index contributed by atoms with van der Waals surface area (Å²) < 4.78 is 11.1. The van der Waals surface area contributed by atoms with Crippen molar-refractivity contribution in [3.8, 4) is 11.5 Å². The first-order chi connectivity index (χ1) is 16.9. The highest BCUT2D eigenvalue weighted by Crippen LogP contribution is 2.28. The Morgan fingerprint density at radius 3 is 2.37 bits per heavy atom. The number of aliphatic hydroxyl groups is 1. The lowest BCUT2D eigenvalue weighted by Crippen LogP contribution is -2.05. The summed E-state index contributed by atoms with van der Waals surface area (Å²) in [4.78, 5) is 21.7. The molecule has 0 spiro atoms. The third-order valence-electron chi connectivity index (χ3n) is 5.64. The van der Waals surface area contributed by atoms with Crippen molar-refractivity contribution in [2.75, 3.05) is 13.7 Å². The SMILES string of the molecule is COc1ccc(/C=C/CCCCOc2ccc(C(O)CCCCC(=O)O)cc2CCC(=O)O)cc1. The third-order valence-corrected chi connectivity index (χ3v) is 5.64. The van der Waals surface area contributed by atoms with Gasteiger partial charge in [0.05, 0.1) is 19.8 Å². The molecular formula is C28H36O7. The Morgan fingerprint density at radius 1 is 0.943 bits per heavy atom. The molecule has 0 aromatic heterocycles. The average Bonchev–Trinajstić information content (AvgIpc) is 2.85. The van der Waals surface area contributed by atoms with Crippen LogP contribution in [0.25, 0.3) is 6.08 Å². The predicted octanol–water partition coefficient (Wildman–Crippen LogP) is 5.65. The maximum atomic E-state index is 11.1. The fourth-order valence-corrected chi connectivity index (χ4v) is 3.65. The van der Waals surface area contributed by atoms with Crippen LogP contribution in [-0.2, 0) is 16.0 Å². The number of allylic oxidation sites excluding steroid dienone is 1. The van der Waals surface area contributed by atoms with Gasteiger partial charge in [0.1, 0.15) is 11.5 Å². The minimum atomic E-state index is -0.890. The van der Waals surface area contributed by atoms with Crippen molar-refractivity contribution in [3.63, 3.8) is 0 Å². The van der Waals surface area contributed by atoms with E-state index in [0.717, 1.165) is 36.1 Å². The molecule has 7 heteroatoms. The largest absolute Gasteiger partial charge is 0.497 e. The molecular weight excluding hydrogens is 448 g/mol. The number of ether oxygens (including phenoxy) is 2. The molecule has 0 amide bonds. The maximum absolute atomic E-state index is 11.1. The summed E-state index contributed by atoms with van der Waals surface area (Å²) in [5, 5.41) is 28.3. The van der Waals surface area contributed by atoms with Crippen LogP contribution in [0.4, 0.5) is 0 Å². The number of hydrogen-bond acceptors (Lipinski definition) is 5. The average molecular weight is 485 g/mol. The smallest absolute Gasteiger partial charge is 0.303 e. The fourth-order valence-electron chi connectivity index (χ4n) is 3.65. The normalized spacial score (nSPS) is 11.9. The lowest BCUT2D eigenvalue weighted by molar-refractivity contribution is -0.138. The molecule has 1 unspecified atom stereocenters. The number of unbranched alkanes of at least 4 members (excludes halogenated alkanes) is 3. The van der Waals surface area contributed by atoms with E-state index in [4.69, 9.17) is 19.7 Å². The molecule has 1 atom stereocenters. The molecule has 0 radical (unpaired) electrons. The van der Waals surface area contributed by atoms with Gasteiger partial charge in [-0.15, -0.1) is 0 Å². The Hall–Kier alpha value is -3.32. The van der Waals surface area contributed by atoms with Crippen LogP contribution >= 0.6 is 0 Å². The first-order valence-corrected chi connectivity index (χ1v) is 12.1. The first kappa shape index (κ1) is 27.9. The van der Waals surface area contributed by atoms with Crippen LogP contribution < -0.4 is 9.47 Å². The summed E-state index contributed by atoms with van der Waals surface area (Å²) in [6, 6.07) is 13.3. The van der Waals surface area contributed by atoms with E-state index in [2.05, 4.69) is 12.2 Å². The van der Waals surface area contributed by atoms with Gasteiger partial charge in [0, 0.05) is 12.8 Å². The fraction of sp³-hybridized carbons (Fsp3) is 0.429. The van der Waals surface area contributed by atoms with E-state index >= 15 is 0 Å². The zero-order valence-electron chi connectivity index (χ0n) is 20.3. The van der Waals surface area contributed by atoms with Gasteiger partial charge in [-0.2, -0.15) is 0 Å². The number of hydrogen-bond donors (Lipinski definition) is 3. The molecule has 7 nitrogen and oxygen atoms in total. The van der Waals surface area contributed by atoms with Crippen LogP contribution in [0.2, 0.25) is 0 Å². The number of aliphatic carboxylic acids is 2. The van der Waals surface area contributed by atoms with Crippen LogP contribution in [-0.4, -0.2) is 41.0 Å². The minimum Gasteiger partial charge on any atom is -0.497 e. The zero-order chi connectivity index (χ0) is 25.5. The topological polar surface area (TPSA) is 113 Å². The molecule has 0 bridgehead atoms. The molecule has 2 aromatic carbocycles. The Bertz CT molecular complexity index is 950. The van der Waals surface area contributed by atoms with Crippen molar-refractivity contribution in [2.45, 2.75) is 63.9 Å². The van der Waals surface area contributed by atoms with Crippen molar-refractivity contribution in [1.82, 2.24) is 0 Å². The van der Waals surface area contributed by atoms with E-state index in [-0.39, 0.29) is 12.8 Å². The Kier molecular flexibility index (Phi) is 12.4. The Morgan fingerprint density at radius 2 is 1.69 bits per heavy atom. The van der Waals surface area contributed by atoms with Gasteiger partial charge in [-0.05, 0) is 85.9 Å². The van der Waals surface area contributed by atoms with Crippen molar-refractivity contribution < 1.29 is 34.4 Å². The van der Waals surface area contributed by atoms with Gasteiger partial charge in [0.15, 0.2) is 0 Å². The molecule has 0 heterocycles. The van der Waals surface area contributed by atoms with Gasteiger partial charge in [-0.25, -0.2) is 0 Å². The van der Waals surface area contributed by atoms with Gasteiger partial charge < -0.3 is 24.8 Å². The van der Waals surface area contributed by atoms with Gasteiger partial charge in [-0.1, -0.05) is 30.4 Å². The molecule has 2 rings (SSSR count). The highest BCUT2D eigenvalue weighted by Gasteiger charge is 2.13. The van der Waals surface area contributed by atoms with Gasteiger partial charge in [0.2, 0.25) is 0 Å². The van der Waals surface area contributed by atoms with Crippen molar-refractivity contribution in [2.24, 2.45) is 0 Å². The summed E-state index contributed by atoms with van der Waals surface area (Å²) in [6.45, 7) is 0.521. The number of carboxylic acids is 2. The van der Waals surface area contributed by atoms with Crippen LogP contribution in [0.5, 0.6) is 11.5 Å². The molecule has 0 fully saturated rings. The summed E-state index contributed by atoms with van der Waals surface area (Å²) >= 11 is 0. The van der Waals surface area contributed by atoms with Crippen molar-refractivity contribution in [1.29, 1.82) is 0 Å². The molecule has 2 aromatic rings. The second kappa shape index (κ2) is 15.6. The Balaban J connectivity index is 1.83. The van der Waals surface area contributed by atoms with Crippen LogP contribution in [0.3, 0.4) is 0 Å². The number of carboxylic acid groups (broad SMARTS) is 2. The van der Waals surface area contributed by atoms with Crippen LogP contribution in [0, 0.1) is 0 Å². The quantitative estimate of drug-likeness (QED) is 0.249. The molecule has 3 N–H and O–H groups in total. The number of carbonyl (C=O) groups is 2. The highest BCUT2D eigenvalue weighted by atomic mass is 16.5. The molecule has 0 saturated heterocycles. The Labute approximate surface area is 207 Å². The maximum Gasteiger partial charge on any atom is 0.303 e. The second-order valence-corrected chi connectivity index (χ2v) is 8.44. The molecule has 0 aliphatic carbocycles. The molecule has 0 saturated carbocycles. The summed E-state index contributed by atoms with van der Waals surface area (Å²) in [6.07, 6.45) is 8.17. The zero-order valence-corrected chi connectivity index (χ0v) is 20.3. The van der Waals surface area contributed by atoms with E-state index < -0.39 is 18.0 Å². The summed E-state index contributed by atoms with van der Waals surface area (Å²) in [5.41, 5.74) is 2.57. The summed E-state index contributed by atoms with van der Waals surface area (Å²) in [5.74, 6) is -0.258. The molecule has 190 valence electrons.